The van der Waals surface area contributed by atoms with Crippen LogP contribution in [0.1, 0.15) is 19.8 Å². The van der Waals surface area contributed by atoms with Gasteiger partial charge in [-0.25, -0.2) is 4.98 Å². The highest BCUT2D eigenvalue weighted by Gasteiger charge is 2.42. The first kappa shape index (κ1) is 15.2. The fourth-order valence-corrected chi connectivity index (χ4v) is 3.23. The molecule has 1 aliphatic carbocycles. The summed E-state index contributed by atoms with van der Waals surface area (Å²) in [5.41, 5.74) is 0.904. The molecule has 0 unspecified atom stereocenters. The summed E-state index contributed by atoms with van der Waals surface area (Å²) in [5, 5.41) is 13.4. The van der Waals surface area contributed by atoms with E-state index in [0.717, 1.165) is 23.9 Å². The number of aromatic amines is 1. The van der Waals surface area contributed by atoms with Crippen LogP contribution in [0.25, 0.3) is 11.0 Å². The van der Waals surface area contributed by atoms with Gasteiger partial charge in [0.15, 0.2) is 5.16 Å². The molecule has 1 heterocycles. The predicted octanol–water partition coefficient (Wildman–Crippen LogP) is 3.12. The first-order valence-corrected chi connectivity index (χ1v) is 8.37. The van der Waals surface area contributed by atoms with Crippen LogP contribution in [-0.2, 0) is 4.79 Å². The molecule has 5 nitrogen and oxygen atoms in total. The summed E-state index contributed by atoms with van der Waals surface area (Å²) in [7, 11) is 0. The van der Waals surface area contributed by atoms with Crippen molar-refractivity contribution in [3.05, 3.63) is 23.2 Å². The third-order valence-corrected chi connectivity index (χ3v) is 4.90. The van der Waals surface area contributed by atoms with E-state index in [9.17, 15) is 10.1 Å². The zero-order valence-electron chi connectivity index (χ0n) is 12.0. The number of carbonyl (C=O) groups excluding carboxylic acids is 1. The van der Waals surface area contributed by atoms with Crippen molar-refractivity contribution in [3.63, 3.8) is 0 Å². The van der Waals surface area contributed by atoms with Crippen molar-refractivity contribution in [1.82, 2.24) is 15.3 Å². The van der Waals surface area contributed by atoms with E-state index < -0.39 is 5.54 Å². The van der Waals surface area contributed by atoms with Gasteiger partial charge in [-0.1, -0.05) is 23.4 Å². The van der Waals surface area contributed by atoms with Crippen LogP contribution in [0.5, 0.6) is 0 Å². The van der Waals surface area contributed by atoms with Gasteiger partial charge in [0.05, 0.1) is 22.9 Å². The molecule has 1 amide bonds. The van der Waals surface area contributed by atoms with Crippen molar-refractivity contribution in [2.45, 2.75) is 30.5 Å². The lowest BCUT2D eigenvalue weighted by Crippen LogP contribution is -2.47. The molecule has 3 rings (SSSR count). The molecule has 22 heavy (non-hydrogen) atoms. The summed E-state index contributed by atoms with van der Waals surface area (Å²) in [5.74, 6) is 0.344. The van der Waals surface area contributed by atoms with Gasteiger partial charge in [-0.15, -0.1) is 0 Å². The second-order valence-corrected chi connectivity index (χ2v) is 7.03. The van der Waals surface area contributed by atoms with Gasteiger partial charge in [-0.05, 0) is 43.9 Å². The number of amides is 1. The number of nitrogens with zero attached hydrogens (tertiary/aromatic N) is 2. The highest BCUT2D eigenvalue weighted by molar-refractivity contribution is 7.99. The first-order valence-electron chi connectivity index (χ1n) is 7.00. The normalized spacial score (nSPS) is 17.0. The van der Waals surface area contributed by atoms with E-state index in [1.807, 2.05) is 6.07 Å². The molecule has 0 bridgehead atoms. The Morgan fingerprint density at radius 2 is 2.41 bits per heavy atom. The molecule has 2 N–H and O–H groups in total. The van der Waals surface area contributed by atoms with Crippen molar-refractivity contribution in [2.24, 2.45) is 5.92 Å². The number of imidazole rings is 1. The van der Waals surface area contributed by atoms with E-state index in [1.165, 1.54) is 11.8 Å². The Balaban J connectivity index is 1.61. The number of fused-ring (bicyclic) bond motifs is 1. The number of carbonyl (C=O) groups is 1. The Labute approximate surface area is 137 Å². The zero-order chi connectivity index (χ0) is 15.7. The monoisotopic (exact) mass is 334 g/mol. The standard InChI is InChI=1S/C15H15ClN4OS/c1-15(8-17,9-2-3-9)20-13(21)7-22-14-18-11-5-4-10(16)6-12(11)19-14/h4-6,9H,2-3,7H2,1H3,(H,18,19)(H,20,21)/t15-/m0/s1. The van der Waals surface area contributed by atoms with Crippen LogP contribution in [0.15, 0.2) is 23.4 Å². The van der Waals surface area contributed by atoms with E-state index in [2.05, 4.69) is 21.4 Å². The molecule has 7 heteroatoms. The van der Waals surface area contributed by atoms with Gasteiger partial charge >= 0.3 is 0 Å². The van der Waals surface area contributed by atoms with E-state index in [-0.39, 0.29) is 17.6 Å². The van der Waals surface area contributed by atoms with Crippen LogP contribution in [0.2, 0.25) is 5.02 Å². The van der Waals surface area contributed by atoms with Gasteiger partial charge in [-0.3, -0.25) is 4.79 Å². The van der Waals surface area contributed by atoms with Gasteiger partial charge in [0.1, 0.15) is 5.54 Å². The van der Waals surface area contributed by atoms with Gasteiger partial charge in [-0.2, -0.15) is 5.26 Å². The van der Waals surface area contributed by atoms with Crippen molar-refractivity contribution < 1.29 is 4.79 Å². The molecule has 1 aliphatic rings. The highest BCUT2D eigenvalue weighted by Crippen LogP contribution is 2.39. The number of aromatic nitrogens is 2. The lowest BCUT2D eigenvalue weighted by molar-refractivity contribution is -0.119. The van der Waals surface area contributed by atoms with Gasteiger partial charge < -0.3 is 10.3 Å². The minimum atomic E-state index is -0.751. The minimum Gasteiger partial charge on any atom is -0.337 e. The van der Waals surface area contributed by atoms with Crippen LogP contribution in [-0.4, -0.2) is 27.2 Å². The second kappa shape index (κ2) is 5.82. The van der Waals surface area contributed by atoms with E-state index in [1.54, 1.807) is 19.1 Å². The summed E-state index contributed by atoms with van der Waals surface area (Å²) in [6.45, 7) is 1.79. The molecule has 2 aromatic rings. The Bertz CT molecular complexity index is 764. The molecule has 1 saturated carbocycles. The number of H-pyrrole nitrogens is 1. The Hall–Kier alpha value is -1.71. The molecule has 114 valence electrons. The van der Waals surface area contributed by atoms with Crippen LogP contribution in [0, 0.1) is 17.2 Å². The Morgan fingerprint density at radius 3 is 3.09 bits per heavy atom. The van der Waals surface area contributed by atoms with E-state index >= 15 is 0 Å². The quantitative estimate of drug-likeness (QED) is 0.823. The van der Waals surface area contributed by atoms with E-state index in [4.69, 9.17) is 11.6 Å². The largest absolute Gasteiger partial charge is 0.337 e. The van der Waals surface area contributed by atoms with Gasteiger partial charge in [0, 0.05) is 5.02 Å². The average Bonchev–Trinajstić information content (AvgIpc) is 3.26. The molecule has 0 saturated heterocycles. The first-order chi connectivity index (χ1) is 10.5. The number of benzene rings is 1. The lowest BCUT2D eigenvalue weighted by atomic mass is 9.98. The zero-order valence-corrected chi connectivity index (χ0v) is 13.6. The summed E-state index contributed by atoms with van der Waals surface area (Å²) >= 11 is 7.24. The molecule has 1 aromatic carbocycles. The Kier molecular flexibility index (Phi) is 4.02. The molecule has 0 aliphatic heterocycles. The number of nitrogens with one attached hydrogen (secondary N) is 2. The van der Waals surface area contributed by atoms with Crippen molar-refractivity contribution >= 4 is 40.3 Å². The molecule has 0 spiro atoms. The van der Waals surface area contributed by atoms with Gasteiger partial charge in [0.25, 0.3) is 0 Å². The number of hydrogen-bond donors (Lipinski definition) is 2. The highest BCUT2D eigenvalue weighted by atomic mass is 35.5. The maximum absolute atomic E-state index is 12.0. The number of hydrogen-bond acceptors (Lipinski definition) is 4. The summed E-state index contributed by atoms with van der Waals surface area (Å²) < 4.78 is 0. The fraction of sp³-hybridized carbons (Fsp3) is 0.400. The van der Waals surface area contributed by atoms with Crippen LogP contribution < -0.4 is 5.32 Å². The van der Waals surface area contributed by atoms with Gasteiger partial charge in [0.2, 0.25) is 5.91 Å². The van der Waals surface area contributed by atoms with Crippen LogP contribution >= 0.6 is 23.4 Å². The summed E-state index contributed by atoms with van der Waals surface area (Å²) in [6.07, 6.45) is 2.00. The predicted molar refractivity (Wildman–Crippen MR) is 86.7 cm³/mol. The maximum atomic E-state index is 12.0. The van der Waals surface area contributed by atoms with Crippen LogP contribution in [0.3, 0.4) is 0 Å². The fourth-order valence-electron chi connectivity index (χ4n) is 2.37. The number of halogens is 1. The maximum Gasteiger partial charge on any atom is 0.231 e. The molecule has 1 fully saturated rings. The molecule has 1 atom stereocenters. The van der Waals surface area contributed by atoms with Crippen molar-refractivity contribution in [3.8, 4) is 6.07 Å². The average molecular weight is 335 g/mol. The lowest BCUT2D eigenvalue weighted by Gasteiger charge is -2.22. The molecule has 0 radical (unpaired) electrons. The topological polar surface area (TPSA) is 81.6 Å². The second-order valence-electron chi connectivity index (χ2n) is 5.63. The van der Waals surface area contributed by atoms with Crippen molar-refractivity contribution in [1.29, 1.82) is 5.26 Å². The van der Waals surface area contributed by atoms with E-state index in [0.29, 0.717) is 10.2 Å². The summed E-state index contributed by atoms with van der Waals surface area (Å²) in [6, 6.07) is 7.63. The Morgan fingerprint density at radius 1 is 1.64 bits per heavy atom. The SMILES string of the molecule is C[C@@](C#N)(NC(=O)CSc1nc2ccc(Cl)cc2[nH]1)C1CC1. The number of thioether (sulfide) groups is 1. The third kappa shape index (κ3) is 3.21. The third-order valence-electron chi connectivity index (χ3n) is 3.79. The van der Waals surface area contributed by atoms with Crippen molar-refractivity contribution in [2.75, 3.05) is 5.75 Å². The minimum absolute atomic E-state index is 0.153. The summed E-state index contributed by atoms with van der Waals surface area (Å²) in [4.78, 5) is 19.6. The molecular formula is C15H15ClN4OS. The molecule has 1 aromatic heterocycles. The molecular weight excluding hydrogens is 320 g/mol. The smallest absolute Gasteiger partial charge is 0.231 e. The van der Waals surface area contributed by atoms with Crippen LogP contribution in [0.4, 0.5) is 0 Å². The number of nitriles is 1. The number of rotatable bonds is 5.